The number of nitrogens with zero attached hydrogens (tertiary/aromatic N) is 8. The lowest BCUT2D eigenvalue weighted by Crippen LogP contribution is -2.46. The number of halogens is 2. The number of anilines is 2. The molecule has 4 heterocycles. The lowest BCUT2D eigenvalue weighted by molar-refractivity contribution is 0.249. The van der Waals surface area contributed by atoms with Crippen molar-refractivity contribution >= 4 is 44.9 Å². The van der Waals surface area contributed by atoms with Gasteiger partial charge in [0.15, 0.2) is 11.6 Å². The van der Waals surface area contributed by atoms with E-state index >= 15 is 0 Å². The summed E-state index contributed by atoms with van der Waals surface area (Å²) in [4.78, 5) is 18.9. The number of piperazine rings is 2. The molecule has 0 unspecified atom stereocenters. The van der Waals surface area contributed by atoms with Crippen molar-refractivity contribution in [2.24, 2.45) is 0 Å². The fourth-order valence-corrected chi connectivity index (χ4v) is 8.10. The van der Waals surface area contributed by atoms with Crippen LogP contribution in [0, 0.1) is 19.7 Å². The molecule has 0 atom stereocenters. The van der Waals surface area contributed by atoms with Gasteiger partial charge in [-0.05, 0) is 60.4 Å². The van der Waals surface area contributed by atoms with Gasteiger partial charge in [0, 0.05) is 105 Å². The zero-order chi connectivity index (χ0) is 35.9. The van der Waals surface area contributed by atoms with Crippen molar-refractivity contribution in [3.63, 3.8) is 0 Å². The maximum absolute atomic E-state index is 13.4. The number of hydrogen-bond acceptors (Lipinski definition) is 10. The Bertz CT molecular complexity index is 1920. The van der Waals surface area contributed by atoms with Gasteiger partial charge < -0.3 is 9.80 Å². The van der Waals surface area contributed by atoms with Crippen molar-refractivity contribution in [3.05, 3.63) is 130 Å². The lowest BCUT2D eigenvalue weighted by Gasteiger charge is -2.34. The number of aryl methyl sites for hydroxylation is 2. The monoisotopic (exact) mass is 752 g/mol. The Morgan fingerprint density at radius 2 is 1.04 bits per heavy atom. The Balaban J connectivity index is 0.000000162. The molecular formula is C40H42ClFN8S2. The number of aromatic nitrogens is 4. The van der Waals surface area contributed by atoms with E-state index in [1.165, 1.54) is 57.5 Å². The molecule has 268 valence electrons. The van der Waals surface area contributed by atoms with Crippen molar-refractivity contribution in [3.8, 4) is 22.8 Å². The van der Waals surface area contributed by atoms with E-state index in [0.717, 1.165) is 92.7 Å². The average molecular weight is 753 g/mol. The molecule has 0 spiro atoms. The molecule has 0 aliphatic carbocycles. The van der Waals surface area contributed by atoms with Gasteiger partial charge in [0.25, 0.3) is 0 Å². The summed E-state index contributed by atoms with van der Waals surface area (Å²) < 4.78 is 22.3. The van der Waals surface area contributed by atoms with E-state index < -0.39 is 0 Å². The van der Waals surface area contributed by atoms with Gasteiger partial charge in [-0.15, -0.1) is 0 Å². The van der Waals surface area contributed by atoms with E-state index in [9.17, 15) is 4.39 Å². The van der Waals surface area contributed by atoms with Gasteiger partial charge in [-0.25, -0.2) is 4.39 Å². The quantitative estimate of drug-likeness (QED) is 0.154. The second kappa shape index (κ2) is 17.0. The summed E-state index contributed by atoms with van der Waals surface area (Å²) in [6.45, 7) is 14.3. The van der Waals surface area contributed by atoms with Gasteiger partial charge in [-0.2, -0.15) is 18.7 Å². The molecule has 0 amide bonds. The Morgan fingerprint density at radius 1 is 0.577 bits per heavy atom. The van der Waals surface area contributed by atoms with Crippen LogP contribution in [0.5, 0.6) is 0 Å². The Morgan fingerprint density at radius 3 is 1.50 bits per heavy atom. The van der Waals surface area contributed by atoms with Crippen LogP contribution < -0.4 is 9.80 Å². The molecule has 8 nitrogen and oxygen atoms in total. The first-order chi connectivity index (χ1) is 25.4. The van der Waals surface area contributed by atoms with Gasteiger partial charge in [0.1, 0.15) is 5.82 Å². The SMILES string of the molecule is Cc1ccccc1CN1CCN(c2nc(-c3cccc(Cl)c3)ns2)CC1.Cc1ccccc1CN1CCN(c2nc(-c3cccc(F)c3)ns2)CC1. The summed E-state index contributed by atoms with van der Waals surface area (Å²) in [5.41, 5.74) is 7.22. The number of rotatable bonds is 8. The summed E-state index contributed by atoms with van der Waals surface area (Å²) in [5.74, 6) is 1.10. The van der Waals surface area contributed by atoms with Crippen molar-refractivity contribution in [2.75, 3.05) is 62.2 Å². The fourth-order valence-electron chi connectivity index (χ4n) is 6.43. The highest BCUT2D eigenvalue weighted by Gasteiger charge is 2.22. The second-order valence-electron chi connectivity index (χ2n) is 13.2. The zero-order valence-electron chi connectivity index (χ0n) is 29.5. The van der Waals surface area contributed by atoms with Crippen molar-refractivity contribution in [1.82, 2.24) is 28.5 Å². The van der Waals surface area contributed by atoms with Gasteiger partial charge in [0.05, 0.1) is 0 Å². The zero-order valence-corrected chi connectivity index (χ0v) is 31.8. The lowest BCUT2D eigenvalue weighted by atomic mass is 10.1. The predicted octanol–water partition coefficient (Wildman–Crippen LogP) is 8.46. The van der Waals surface area contributed by atoms with E-state index in [1.807, 2.05) is 30.3 Å². The highest BCUT2D eigenvalue weighted by Crippen LogP contribution is 2.28. The predicted molar refractivity (Wildman–Crippen MR) is 213 cm³/mol. The molecule has 0 bridgehead atoms. The molecule has 12 heteroatoms. The molecular weight excluding hydrogens is 711 g/mol. The van der Waals surface area contributed by atoms with Crippen molar-refractivity contribution in [1.29, 1.82) is 0 Å². The van der Waals surface area contributed by atoms with Gasteiger partial charge in [0.2, 0.25) is 10.3 Å². The first-order valence-corrected chi connectivity index (χ1v) is 19.5. The van der Waals surface area contributed by atoms with Crippen LogP contribution in [0.2, 0.25) is 5.02 Å². The van der Waals surface area contributed by atoms with E-state index in [1.54, 1.807) is 6.07 Å². The Hall–Kier alpha value is -4.26. The summed E-state index contributed by atoms with van der Waals surface area (Å²) in [7, 11) is 0. The van der Waals surface area contributed by atoms with Crippen molar-refractivity contribution in [2.45, 2.75) is 26.9 Å². The summed E-state index contributed by atoms with van der Waals surface area (Å²) >= 11 is 8.93. The van der Waals surface area contributed by atoms with E-state index in [0.29, 0.717) is 10.8 Å². The molecule has 2 aliphatic heterocycles. The molecule has 2 aliphatic rings. The molecule has 0 N–H and O–H groups in total. The topological polar surface area (TPSA) is 64.5 Å². The van der Waals surface area contributed by atoms with Crippen LogP contribution in [0.3, 0.4) is 0 Å². The van der Waals surface area contributed by atoms with Crippen LogP contribution in [0.25, 0.3) is 22.8 Å². The molecule has 4 aromatic carbocycles. The first kappa shape index (κ1) is 36.1. The highest BCUT2D eigenvalue weighted by atomic mass is 35.5. The first-order valence-electron chi connectivity index (χ1n) is 17.6. The van der Waals surface area contributed by atoms with Crippen molar-refractivity contribution < 1.29 is 4.39 Å². The molecule has 6 aromatic rings. The maximum Gasteiger partial charge on any atom is 0.205 e. The standard InChI is InChI=1S/C20H21ClN4S.C20H21FN4S/c2*1-15-5-2-3-6-17(15)14-24-9-11-25(12-10-24)20-22-19(23-26-20)16-7-4-8-18(21)13-16/h2*2-8,13H,9-12,14H2,1H3. The van der Waals surface area contributed by atoms with E-state index in [2.05, 4.69) is 95.7 Å². The minimum absolute atomic E-state index is 0.260. The van der Waals surface area contributed by atoms with E-state index in [4.69, 9.17) is 16.6 Å². The summed E-state index contributed by atoms with van der Waals surface area (Å²) in [6, 6.07) is 31.4. The second-order valence-corrected chi connectivity index (χ2v) is 15.1. The normalized spacial score (nSPS) is 15.4. The van der Waals surface area contributed by atoms with E-state index in [-0.39, 0.29) is 5.82 Å². The summed E-state index contributed by atoms with van der Waals surface area (Å²) in [6.07, 6.45) is 0. The molecule has 2 aromatic heterocycles. The number of hydrogen-bond donors (Lipinski definition) is 0. The maximum atomic E-state index is 13.4. The fraction of sp³-hybridized carbons (Fsp3) is 0.300. The molecule has 52 heavy (non-hydrogen) atoms. The van der Waals surface area contributed by atoms with Gasteiger partial charge in [-0.3, -0.25) is 9.80 Å². The molecule has 2 saturated heterocycles. The molecule has 0 radical (unpaired) electrons. The van der Waals surface area contributed by atoms with Crippen LogP contribution in [0.1, 0.15) is 22.3 Å². The van der Waals surface area contributed by atoms with Gasteiger partial charge in [-0.1, -0.05) is 84.4 Å². The minimum Gasteiger partial charge on any atom is -0.344 e. The van der Waals surface area contributed by atoms with Crippen LogP contribution in [0.4, 0.5) is 14.7 Å². The molecule has 0 saturated carbocycles. The van der Waals surface area contributed by atoms with Crippen LogP contribution in [-0.4, -0.2) is 80.9 Å². The third-order valence-electron chi connectivity index (χ3n) is 9.59. The largest absolute Gasteiger partial charge is 0.344 e. The smallest absolute Gasteiger partial charge is 0.205 e. The Labute approximate surface area is 318 Å². The molecule has 2 fully saturated rings. The molecule has 8 rings (SSSR count). The average Bonchev–Trinajstić information content (AvgIpc) is 3.86. The Kier molecular flexibility index (Phi) is 11.8. The van der Waals surface area contributed by atoms with Crippen LogP contribution >= 0.6 is 34.7 Å². The number of benzene rings is 4. The van der Waals surface area contributed by atoms with Crippen LogP contribution in [-0.2, 0) is 13.1 Å². The third-order valence-corrected chi connectivity index (χ3v) is 11.4. The van der Waals surface area contributed by atoms with Crippen LogP contribution in [0.15, 0.2) is 97.1 Å². The highest BCUT2D eigenvalue weighted by molar-refractivity contribution is 7.10. The van der Waals surface area contributed by atoms with Gasteiger partial charge >= 0.3 is 0 Å². The minimum atomic E-state index is -0.260. The third kappa shape index (κ3) is 9.20. The summed E-state index contributed by atoms with van der Waals surface area (Å²) in [5, 5.41) is 2.62.